The number of halogens is 2. The van der Waals surface area contributed by atoms with Crippen molar-refractivity contribution in [3.63, 3.8) is 0 Å². The van der Waals surface area contributed by atoms with Gasteiger partial charge in [0.1, 0.15) is 0 Å². The fourth-order valence-corrected chi connectivity index (χ4v) is 3.31. The molecule has 3 heterocycles. The minimum absolute atomic E-state index is 0.0406. The van der Waals surface area contributed by atoms with Crippen LogP contribution in [0.4, 0.5) is 20.5 Å². The molecule has 3 aromatic rings. The predicted molar refractivity (Wildman–Crippen MR) is 104 cm³/mol. The van der Waals surface area contributed by atoms with Crippen molar-refractivity contribution in [1.82, 2.24) is 34.9 Å². The van der Waals surface area contributed by atoms with Crippen LogP contribution in [0.1, 0.15) is 23.4 Å². The van der Waals surface area contributed by atoms with Crippen molar-refractivity contribution in [2.24, 2.45) is 0 Å². The highest BCUT2D eigenvalue weighted by Crippen LogP contribution is 2.20. The monoisotopic (exact) mass is 401 g/mol. The topological polar surface area (TPSA) is 123 Å². The van der Waals surface area contributed by atoms with Crippen LogP contribution in [0.15, 0.2) is 24.3 Å². The third-order valence-corrected chi connectivity index (χ3v) is 4.88. The van der Waals surface area contributed by atoms with Gasteiger partial charge in [0.05, 0.1) is 6.54 Å². The molecule has 1 aliphatic heterocycles. The first kappa shape index (κ1) is 19.3. The van der Waals surface area contributed by atoms with E-state index in [1.54, 1.807) is 12.1 Å². The van der Waals surface area contributed by atoms with Crippen LogP contribution in [-0.4, -0.2) is 61.1 Å². The molecule has 2 aromatic heterocycles. The zero-order valence-corrected chi connectivity index (χ0v) is 15.7. The standard InChI is InChI=1S/C18H21F2N9/c19-15(20)12-3-1-11(2-4-12)9-28-5-7-29(8-6-28)10-13-23-14-16(21)24-18(22)25-17(14)27-26-13/h1-4,15H,5-10H2,(H4,21,22,24,25,27). The molecule has 0 saturated carbocycles. The number of nitrogen functional groups attached to an aromatic ring is 2. The lowest BCUT2D eigenvalue weighted by atomic mass is 10.1. The van der Waals surface area contributed by atoms with E-state index < -0.39 is 6.43 Å². The van der Waals surface area contributed by atoms with Crippen molar-refractivity contribution in [3.05, 3.63) is 41.2 Å². The number of nitrogens with zero attached hydrogens (tertiary/aromatic N) is 7. The van der Waals surface area contributed by atoms with Crippen LogP contribution >= 0.6 is 0 Å². The van der Waals surface area contributed by atoms with E-state index >= 15 is 0 Å². The van der Waals surface area contributed by atoms with Gasteiger partial charge < -0.3 is 11.5 Å². The first-order valence-corrected chi connectivity index (χ1v) is 9.22. The van der Waals surface area contributed by atoms with Crippen molar-refractivity contribution in [3.8, 4) is 0 Å². The summed E-state index contributed by atoms with van der Waals surface area (Å²) >= 11 is 0. The summed E-state index contributed by atoms with van der Waals surface area (Å²) in [6, 6.07) is 6.51. The van der Waals surface area contributed by atoms with E-state index in [0.29, 0.717) is 17.9 Å². The van der Waals surface area contributed by atoms with Gasteiger partial charge in [0.25, 0.3) is 6.43 Å². The van der Waals surface area contributed by atoms with E-state index in [1.807, 2.05) is 0 Å². The molecule has 0 spiro atoms. The number of benzene rings is 1. The van der Waals surface area contributed by atoms with Crippen LogP contribution < -0.4 is 11.5 Å². The van der Waals surface area contributed by atoms with Gasteiger partial charge in [0, 0.05) is 38.3 Å². The summed E-state index contributed by atoms with van der Waals surface area (Å²) in [5.41, 5.74) is 13.2. The first-order valence-electron chi connectivity index (χ1n) is 9.22. The number of anilines is 2. The maximum absolute atomic E-state index is 12.7. The molecular weight excluding hydrogens is 380 g/mol. The molecule has 9 nitrogen and oxygen atoms in total. The summed E-state index contributed by atoms with van der Waals surface area (Å²) in [6.45, 7) is 4.68. The SMILES string of the molecule is Nc1nc(N)c2nc(CN3CCN(Cc4ccc(C(F)F)cc4)CC3)nnc2n1. The molecule has 0 aliphatic carbocycles. The molecule has 0 atom stereocenters. The van der Waals surface area contributed by atoms with Gasteiger partial charge in [-0.15, -0.1) is 10.2 Å². The molecule has 1 aromatic carbocycles. The van der Waals surface area contributed by atoms with Crippen LogP contribution in [0.2, 0.25) is 0 Å². The second-order valence-electron chi connectivity index (χ2n) is 6.96. The molecule has 29 heavy (non-hydrogen) atoms. The number of piperazine rings is 1. The van der Waals surface area contributed by atoms with Crippen LogP contribution in [-0.2, 0) is 13.1 Å². The minimum atomic E-state index is -2.43. The Hall–Kier alpha value is -3.05. The molecule has 152 valence electrons. The maximum Gasteiger partial charge on any atom is 0.263 e. The lowest BCUT2D eigenvalue weighted by Crippen LogP contribution is -2.45. The molecule has 1 saturated heterocycles. The van der Waals surface area contributed by atoms with Crippen molar-refractivity contribution in [2.45, 2.75) is 19.5 Å². The van der Waals surface area contributed by atoms with E-state index in [1.165, 1.54) is 12.1 Å². The maximum atomic E-state index is 12.7. The Bertz CT molecular complexity index is 989. The predicted octanol–water partition coefficient (Wildman–Crippen LogP) is 1.23. The fraction of sp³-hybridized carbons (Fsp3) is 0.389. The third kappa shape index (κ3) is 4.51. The van der Waals surface area contributed by atoms with E-state index in [4.69, 9.17) is 11.5 Å². The highest BCUT2D eigenvalue weighted by atomic mass is 19.3. The number of rotatable bonds is 5. The molecular formula is C18H21F2N9. The summed E-state index contributed by atoms with van der Waals surface area (Å²) < 4.78 is 25.3. The van der Waals surface area contributed by atoms with Crippen molar-refractivity contribution >= 4 is 22.9 Å². The highest BCUT2D eigenvalue weighted by molar-refractivity contribution is 5.81. The average Bonchev–Trinajstić information content (AvgIpc) is 2.70. The largest absolute Gasteiger partial charge is 0.382 e. The van der Waals surface area contributed by atoms with Crippen LogP contribution in [0.5, 0.6) is 0 Å². The molecule has 0 bridgehead atoms. The Morgan fingerprint density at radius 1 is 0.862 bits per heavy atom. The highest BCUT2D eigenvalue weighted by Gasteiger charge is 2.19. The Kier molecular flexibility index (Phi) is 5.41. The van der Waals surface area contributed by atoms with E-state index in [9.17, 15) is 8.78 Å². The van der Waals surface area contributed by atoms with Gasteiger partial charge in [-0.3, -0.25) is 9.80 Å². The second kappa shape index (κ2) is 8.13. The summed E-state index contributed by atoms with van der Waals surface area (Å²) in [5.74, 6) is 0.777. The lowest BCUT2D eigenvalue weighted by Gasteiger charge is -2.34. The fourth-order valence-electron chi connectivity index (χ4n) is 3.31. The number of hydrogen-bond acceptors (Lipinski definition) is 9. The van der Waals surface area contributed by atoms with E-state index in [2.05, 4.69) is 34.9 Å². The molecule has 11 heteroatoms. The zero-order valence-electron chi connectivity index (χ0n) is 15.7. The van der Waals surface area contributed by atoms with Crippen LogP contribution in [0, 0.1) is 0 Å². The second-order valence-corrected chi connectivity index (χ2v) is 6.96. The smallest absolute Gasteiger partial charge is 0.263 e. The summed E-state index contributed by atoms with van der Waals surface area (Å²) in [5, 5.41) is 8.16. The van der Waals surface area contributed by atoms with E-state index in [0.717, 1.165) is 38.3 Å². The Labute approximate surface area is 165 Å². The van der Waals surface area contributed by atoms with Gasteiger partial charge in [-0.2, -0.15) is 9.97 Å². The van der Waals surface area contributed by atoms with Gasteiger partial charge in [0.2, 0.25) is 11.6 Å². The summed E-state index contributed by atoms with van der Waals surface area (Å²) in [7, 11) is 0. The molecule has 0 radical (unpaired) electrons. The van der Waals surface area contributed by atoms with Gasteiger partial charge in [0.15, 0.2) is 17.2 Å². The Morgan fingerprint density at radius 2 is 1.52 bits per heavy atom. The van der Waals surface area contributed by atoms with Crippen molar-refractivity contribution in [1.29, 1.82) is 0 Å². The summed E-state index contributed by atoms with van der Waals surface area (Å²) in [4.78, 5) is 16.8. The Balaban J connectivity index is 1.33. The zero-order chi connectivity index (χ0) is 20.4. The number of fused-ring (bicyclic) bond motifs is 1. The van der Waals surface area contributed by atoms with Gasteiger partial charge in [-0.25, -0.2) is 13.8 Å². The minimum Gasteiger partial charge on any atom is -0.382 e. The molecule has 4 rings (SSSR count). The molecule has 4 N–H and O–H groups in total. The first-order chi connectivity index (χ1) is 14.0. The number of nitrogens with two attached hydrogens (primary N) is 2. The normalized spacial score (nSPS) is 16.0. The lowest BCUT2D eigenvalue weighted by molar-refractivity contribution is 0.119. The van der Waals surface area contributed by atoms with Gasteiger partial charge >= 0.3 is 0 Å². The molecule has 0 unspecified atom stereocenters. The molecule has 0 amide bonds. The number of hydrogen-bond donors (Lipinski definition) is 2. The Morgan fingerprint density at radius 3 is 2.17 bits per heavy atom. The average molecular weight is 401 g/mol. The summed E-state index contributed by atoms with van der Waals surface area (Å²) in [6.07, 6.45) is -2.43. The molecule has 1 aliphatic rings. The van der Waals surface area contributed by atoms with Gasteiger partial charge in [-0.1, -0.05) is 24.3 Å². The van der Waals surface area contributed by atoms with Crippen molar-refractivity contribution < 1.29 is 8.78 Å². The third-order valence-electron chi connectivity index (χ3n) is 4.88. The van der Waals surface area contributed by atoms with Crippen LogP contribution in [0.3, 0.4) is 0 Å². The van der Waals surface area contributed by atoms with Crippen LogP contribution in [0.25, 0.3) is 11.2 Å². The van der Waals surface area contributed by atoms with E-state index in [-0.39, 0.29) is 23.0 Å². The van der Waals surface area contributed by atoms with Crippen molar-refractivity contribution in [2.75, 3.05) is 37.6 Å². The number of aromatic nitrogens is 5. The quantitative estimate of drug-likeness (QED) is 0.650. The molecule has 1 fully saturated rings. The number of alkyl halides is 2. The van der Waals surface area contributed by atoms with Gasteiger partial charge in [-0.05, 0) is 5.56 Å².